The number of nitrogens with two attached hydrogens (primary N) is 1. The van der Waals surface area contributed by atoms with Crippen molar-refractivity contribution < 1.29 is 13.2 Å². The molecule has 0 fully saturated rings. The van der Waals surface area contributed by atoms with Crippen LogP contribution in [0.2, 0.25) is 0 Å². The summed E-state index contributed by atoms with van der Waals surface area (Å²) in [6, 6.07) is 3.56. The van der Waals surface area contributed by atoms with Crippen LogP contribution in [0.3, 0.4) is 0 Å². The van der Waals surface area contributed by atoms with E-state index in [0.717, 1.165) is 12.1 Å². The second-order valence-electron chi connectivity index (χ2n) is 4.56. The van der Waals surface area contributed by atoms with Gasteiger partial charge in [-0.25, -0.2) is 0 Å². The molecule has 0 radical (unpaired) electrons. The summed E-state index contributed by atoms with van der Waals surface area (Å²) >= 11 is 3.18. The molecule has 3 N–H and O–H groups in total. The second kappa shape index (κ2) is 6.47. The Balaban J connectivity index is 3.02. The molecule has 1 aromatic carbocycles. The smallest absolute Gasteiger partial charge is 0.387 e. The molecule has 0 bridgehead atoms. The van der Waals surface area contributed by atoms with Crippen LogP contribution in [0.15, 0.2) is 22.7 Å². The third-order valence-corrected chi connectivity index (χ3v) is 3.66. The molecular formula is C13H17BrF3N3. The average molecular weight is 352 g/mol. The Labute approximate surface area is 124 Å². The highest BCUT2D eigenvalue weighted by atomic mass is 79.9. The number of benzene rings is 1. The van der Waals surface area contributed by atoms with E-state index in [-0.39, 0.29) is 11.8 Å². The lowest BCUT2D eigenvalue weighted by molar-refractivity contribution is -0.137. The predicted molar refractivity (Wildman–Crippen MR) is 78.1 cm³/mol. The highest BCUT2D eigenvalue weighted by Crippen LogP contribution is 2.35. The number of nitrogens with one attached hydrogen (secondary N) is 1. The average Bonchev–Trinajstić information content (AvgIpc) is 2.34. The molecule has 0 aliphatic heterocycles. The predicted octanol–water partition coefficient (Wildman–Crippen LogP) is 3.87. The SMILES string of the molecule is CCN(CC(C)C(=N)N)c1ccc(C(F)(F)F)cc1Br. The van der Waals surface area contributed by atoms with Crippen molar-refractivity contribution >= 4 is 27.5 Å². The molecule has 0 aromatic heterocycles. The third-order valence-electron chi connectivity index (χ3n) is 3.02. The highest BCUT2D eigenvalue weighted by molar-refractivity contribution is 9.10. The van der Waals surface area contributed by atoms with Gasteiger partial charge in [-0.1, -0.05) is 6.92 Å². The van der Waals surface area contributed by atoms with Gasteiger partial charge in [-0.3, -0.25) is 5.41 Å². The van der Waals surface area contributed by atoms with E-state index >= 15 is 0 Å². The van der Waals surface area contributed by atoms with E-state index in [1.165, 1.54) is 6.07 Å². The van der Waals surface area contributed by atoms with E-state index in [4.69, 9.17) is 11.1 Å². The summed E-state index contributed by atoms with van der Waals surface area (Å²) in [5, 5.41) is 7.39. The minimum atomic E-state index is -4.36. The van der Waals surface area contributed by atoms with Crippen LogP contribution < -0.4 is 10.6 Å². The molecule has 1 atom stereocenters. The maximum absolute atomic E-state index is 12.6. The zero-order chi connectivity index (χ0) is 15.5. The van der Waals surface area contributed by atoms with E-state index in [0.29, 0.717) is 23.2 Å². The van der Waals surface area contributed by atoms with Gasteiger partial charge in [0.15, 0.2) is 0 Å². The summed E-state index contributed by atoms with van der Waals surface area (Å²) in [5.74, 6) is -0.101. The Bertz CT molecular complexity index is 488. The zero-order valence-corrected chi connectivity index (χ0v) is 12.8. The lowest BCUT2D eigenvalue weighted by atomic mass is 10.1. The first kappa shape index (κ1) is 16.8. The molecule has 0 aliphatic rings. The van der Waals surface area contributed by atoms with E-state index < -0.39 is 11.7 Å². The van der Waals surface area contributed by atoms with Crippen molar-refractivity contribution in [2.75, 3.05) is 18.0 Å². The number of nitrogens with zero attached hydrogens (tertiary/aromatic N) is 1. The number of rotatable bonds is 5. The van der Waals surface area contributed by atoms with Gasteiger partial charge in [0.05, 0.1) is 17.1 Å². The zero-order valence-electron chi connectivity index (χ0n) is 11.3. The van der Waals surface area contributed by atoms with Gasteiger partial charge in [0.1, 0.15) is 0 Å². The van der Waals surface area contributed by atoms with Crippen molar-refractivity contribution in [3.63, 3.8) is 0 Å². The van der Waals surface area contributed by atoms with E-state index in [9.17, 15) is 13.2 Å². The first-order valence-electron chi connectivity index (χ1n) is 6.12. The second-order valence-corrected chi connectivity index (χ2v) is 5.41. The molecule has 0 amide bonds. The fraction of sp³-hybridized carbons (Fsp3) is 0.462. The van der Waals surface area contributed by atoms with Crippen molar-refractivity contribution in [3.05, 3.63) is 28.2 Å². The van der Waals surface area contributed by atoms with Gasteiger partial charge in [-0.15, -0.1) is 0 Å². The number of hydrogen-bond acceptors (Lipinski definition) is 2. The molecule has 1 rings (SSSR count). The molecule has 7 heteroatoms. The molecule has 0 spiro atoms. The molecule has 0 saturated heterocycles. The molecule has 1 unspecified atom stereocenters. The van der Waals surface area contributed by atoms with Crippen LogP contribution in [-0.4, -0.2) is 18.9 Å². The Kier molecular flexibility index (Phi) is 5.44. The maximum Gasteiger partial charge on any atom is 0.416 e. The largest absolute Gasteiger partial charge is 0.416 e. The molecule has 20 heavy (non-hydrogen) atoms. The quantitative estimate of drug-likeness (QED) is 0.625. The number of halogens is 4. The Morgan fingerprint density at radius 2 is 2.05 bits per heavy atom. The van der Waals surface area contributed by atoms with Crippen LogP contribution in [0.25, 0.3) is 0 Å². The number of hydrogen-bond donors (Lipinski definition) is 2. The van der Waals surface area contributed by atoms with Gasteiger partial charge in [0.25, 0.3) is 0 Å². The molecule has 0 heterocycles. The maximum atomic E-state index is 12.6. The summed E-state index contributed by atoms with van der Waals surface area (Å²) in [7, 11) is 0. The van der Waals surface area contributed by atoms with Crippen LogP contribution in [0.4, 0.5) is 18.9 Å². The summed E-state index contributed by atoms with van der Waals surface area (Å²) in [5.41, 5.74) is 5.40. The van der Waals surface area contributed by atoms with Gasteiger partial charge in [0, 0.05) is 23.5 Å². The van der Waals surface area contributed by atoms with Gasteiger partial charge < -0.3 is 10.6 Å². The van der Waals surface area contributed by atoms with Gasteiger partial charge in [-0.2, -0.15) is 13.2 Å². The Morgan fingerprint density at radius 3 is 2.45 bits per heavy atom. The highest BCUT2D eigenvalue weighted by Gasteiger charge is 2.31. The van der Waals surface area contributed by atoms with Gasteiger partial charge in [-0.05, 0) is 41.1 Å². The van der Waals surface area contributed by atoms with Crippen molar-refractivity contribution in [3.8, 4) is 0 Å². The first-order chi connectivity index (χ1) is 9.16. The molecule has 1 aromatic rings. The van der Waals surface area contributed by atoms with Crippen LogP contribution in [0.5, 0.6) is 0 Å². The lowest BCUT2D eigenvalue weighted by Crippen LogP contribution is -2.34. The van der Waals surface area contributed by atoms with Crippen LogP contribution in [-0.2, 0) is 6.18 Å². The molecule has 3 nitrogen and oxygen atoms in total. The minimum absolute atomic E-state index is 0.0616. The van der Waals surface area contributed by atoms with Crippen molar-refractivity contribution in [2.45, 2.75) is 20.0 Å². The topological polar surface area (TPSA) is 53.1 Å². The standard InChI is InChI=1S/C13H17BrF3N3/c1-3-20(7-8(2)12(18)19)11-5-4-9(6-10(11)14)13(15,16)17/h4-6,8H,3,7H2,1-2H3,(H3,18,19). The fourth-order valence-electron chi connectivity index (χ4n) is 1.77. The van der Waals surface area contributed by atoms with Gasteiger partial charge in [0.2, 0.25) is 0 Å². The fourth-order valence-corrected chi connectivity index (χ4v) is 2.40. The van der Waals surface area contributed by atoms with Crippen molar-refractivity contribution in [1.82, 2.24) is 0 Å². The molecule has 112 valence electrons. The monoisotopic (exact) mass is 351 g/mol. The van der Waals surface area contributed by atoms with Crippen LogP contribution in [0, 0.1) is 11.3 Å². The van der Waals surface area contributed by atoms with Gasteiger partial charge >= 0.3 is 6.18 Å². The number of amidine groups is 1. The first-order valence-corrected chi connectivity index (χ1v) is 6.91. The van der Waals surface area contributed by atoms with E-state index in [1.54, 1.807) is 0 Å². The molecule has 0 aliphatic carbocycles. The van der Waals surface area contributed by atoms with Crippen molar-refractivity contribution in [2.24, 2.45) is 11.7 Å². The lowest BCUT2D eigenvalue weighted by Gasteiger charge is -2.27. The molecule has 0 saturated carbocycles. The van der Waals surface area contributed by atoms with Crippen LogP contribution >= 0.6 is 15.9 Å². The minimum Gasteiger partial charge on any atom is -0.387 e. The third kappa shape index (κ3) is 4.13. The summed E-state index contributed by atoms with van der Waals surface area (Å²) in [6.07, 6.45) is -4.36. The summed E-state index contributed by atoms with van der Waals surface area (Å²) in [4.78, 5) is 1.89. The normalized spacial score (nSPS) is 13.1. The Hall–Kier alpha value is -1.24. The number of anilines is 1. The van der Waals surface area contributed by atoms with E-state index in [2.05, 4.69) is 15.9 Å². The molecular weight excluding hydrogens is 335 g/mol. The Morgan fingerprint density at radius 1 is 1.45 bits per heavy atom. The van der Waals surface area contributed by atoms with E-state index in [1.807, 2.05) is 18.7 Å². The van der Waals surface area contributed by atoms with Crippen LogP contribution in [0.1, 0.15) is 19.4 Å². The van der Waals surface area contributed by atoms with Crippen molar-refractivity contribution in [1.29, 1.82) is 5.41 Å². The number of alkyl halides is 3. The summed E-state index contributed by atoms with van der Waals surface area (Å²) < 4.78 is 38.2. The summed E-state index contributed by atoms with van der Waals surface area (Å²) in [6.45, 7) is 4.80.